The summed E-state index contributed by atoms with van der Waals surface area (Å²) in [6.45, 7) is 3.53. The summed E-state index contributed by atoms with van der Waals surface area (Å²) in [6.07, 6.45) is 2.04. The molecule has 0 saturated heterocycles. The highest BCUT2D eigenvalue weighted by molar-refractivity contribution is 5.73. The predicted octanol–water partition coefficient (Wildman–Crippen LogP) is 2.38. The second-order valence-corrected chi connectivity index (χ2v) is 5.68. The number of nitrogens with one attached hydrogen (secondary N) is 1. The van der Waals surface area contributed by atoms with Crippen LogP contribution in [-0.4, -0.2) is 24.7 Å². The van der Waals surface area contributed by atoms with Crippen molar-refractivity contribution in [2.45, 2.75) is 32.7 Å². The van der Waals surface area contributed by atoms with Crippen LogP contribution in [0.25, 0.3) is 0 Å². The lowest BCUT2D eigenvalue weighted by molar-refractivity contribution is -0.148. The molecule has 0 aliphatic heterocycles. The Balaban J connectivity index is 2.15. The first-order chi connectivity index (χ1) is 8.95. The molecule has 0 heterocycles. The van der Waals surface area contributed by atoms with Crippen LogP contribution in [0.15, 0.2) is 18.2 Å². The molecule has 0 aromatic heterocycles. The summed E-state index contributed by atoms with van der Waals surface area (Å²) in [5, 5.41) is 12.4. The van der Waals surface area contributed by atoms with E-state index in [1.54, 1.807) is 13.8 Å². The second kappa shape index (κ2) is 5.21. The maximum Gasteiger partial charge on any atom is 0.312 e. The third kappa shape index (κ3) is 2.73. The van der Waals surface area contributed by atoms with E-state index in [0.717, 1.165) is 18.6 Å². The molecule has 1 atom stereocenters. The summed E-state index contributed by atoms with van der Waals surface area (Å²) in [4.78, 5) is 11.1. The molecule has 4 heteroatoms. The Kier molecular flexibility index (Phi) is 3.80. The smallest absolute Gasteiger partial charge is 0.312 e. The number of fused-ring (bicyclic) bond motifs is 1. The monoisotopic (exact) mass is 263 g/mol. The lowest BCUT2D eigenvalue weighted by atomic mass is 9.95. The number of aliphatic carboxylic acids is 1. The van der Waals surface area contributed by atoms with Crippen LogP contribution in [0.1, 0.15) is 37.4 Å². The third-order valence-corrected chi connectivity index (χ3v) is 3.74. The van der Waals surface area contributed by atoms with Crippen molar-refractivity contribution in [2.75, 3.05) is 13.7 Å². The predicted molar refractivity (Wildman–Crippen MR) is 73.5 cm³/mol. The summed E-state index contributed by atoms with van der Waals surface area (Å²) >= 11 is 0. The van der Waals surface area contributed by atoms with Gasteiger partial charge in [-0.25, -0.2) is 0 Å². The topological polar surface area (TPSA) is 58.6 Å². The molecule has 0 amide bonds. The van der Waals surface area contributed by atoms with Gasteiger partial charge in [-0.05, 0) is 50.9 Å². The maximum absolute atomic E-state index is 11.1. The van der Waals surface area contributed by atoms with Crippen molar-refractivity contribution in [1.82, 2.24) is 5.32 Å². The molecule has 0 fully saturated rings. The molecule has 0 spiro atoms. The fourth-order valence-corrected chi connectivity index (χ4v) is 2.38. The summed E-state index contributed by atoms with van der Waals surface area (Å²) < 4.78 is 5.76. The Morgan fingerprint density at radius 3 is 2.89 bits per heavy atom. The quantitative estimate of drug-likeness (QED) is 0.856. The first kappa shape index (κ1) is 13.9. The van der Waals surface area contributed by atoms with E-state index in [4.69, 9.17) is 9.84 Å². The number of hydrogen-bond acceptors (Lipinski definition) is 3. The molecule has 1 aliphatic carbocycles. The number of carboxylic acid groups (broad SMARTS) is 1. The van der Waals surface area contributed by atoms with E-state index in [1.165, 1.54) is 11.1 Å². The fraction of sp³-hybridized carbons (Fsp3) is 0.533. The molecular formula is C15H21NO3. The zero-order chi connectivity index (χ0) is 14.0. The average Bonchev–Trinajstić information content (AvgIpc) is 2.79. The molecule has 2 rings (SSSR count). The average molecular weight is 263 g/mol. The van der Waals surface area contributed by atoms with Crippen molar-refractivity contribution >= 4 is 5.97 Å². The van der Waals surface area contributed by atoms with E-state index in [0.29, 0.717) is 6.04 Å². The standard InChI is InChI=1S/C15H21NO3/c1-15(2,14(17)18)9-19-13-6-4-5-10-11(13)7-8-12(10)16-3/h4-6,12,16H,7-9H2,1-3H3,(H,17,18). The molecule has 0 radical (unpaired) electrons. The first-order valence-electron chi connectivity index (χ1n) is 6.61. The van der Waals surface area contributed by atoms with E-state index in [1.807, 2.05) is 19.2 Å². The van der Waals surface area contributed by atoms with Gasteiger partial charge in [0.1, 0.15) is 12.4 Å². The summed E-state index contributed by atoms with van der Waals surface area (Å²) in [5.74, 6) is -0.0160. The van der Waals surface area contributed by atoms with Crippen LogP contribution in [-0.2, 0) is 11.2 Å². The Hall–Kier alpha value is -1.55. The van der Waals surface area contributed by atoms with E-state index in [-0.39, 0.29) is 6.61 Å². The van der Waals surface area contributed by atoms with E-state index in [2.05, 4.69) is 11.4 Å². The number of benzene rings is 1. The summed E-state index contributed by atoms with van der Waals surface area (Å²) in [5.41, 5.74) is 1.61. The van der Waals surface area contributed by atoms with E-state index >= 15 is 0 Å². The number of rotatable bonds is 5. The number of hydrogen-bond donors (Lipinski definition) is 2. The molecule has 104 valence electrons. The molecule has 2 N–H and O–H groups in total. The zero-order valence-corrected chi connectivity index (χ0v) is 11.7. The van der Waals surface area contributed by atoms with Crippen molar-refractivity contribution in [3.8, 4) is 5.75 Å². The Labute approximate surface area is 113 Å². The van der Waals surface area contributed by atoms with Gasteiger partial charge in [-0.2, -0.15) is 0 Å². The van der Waals surface area contributed by atoms with Crippen LogP contribution in [0.3, 0.4) is 0 Å². The van der Waals surface area contributed by atoms with Gasteiger partial charge in [0.05, 0.1) is 5.41 Å². The molecule has 1 unspecified atom stereocenters. The van der Waals surface area contributed by atoms with Crippen LogP contribution >= 0.6 is 0 Å². The van der Waals surface area contributed by atoms with Crippen LogP contribution in [0.5, 0.6) is 5.75 Å². The lowest BCUT2D eigenvalue weighted by Gasteiger charge is -2.21. The largest absolute Gasteiger partial charge is 0.492 e. The minimum Gasteiger partial charge on any atom is -0.492 e. The van der Waals surface area contributed by atoms with Crippen LogP contribution in [0.2, 0.25) is 0 Å². The van der Waals surface area contributed by atoms with Crippen LogP contribution < -0.4 is 10.1 Å². The van der Waals surface area contributed by atoms with Crippen LogP contribution in [0, 0.1) is 5.41 Å². The molecule has 1 aromatic rings. The van der Waals surface area contributed by atoms with Crippen molar-refractivity contribution in [1.29, 1.82) is 0 Å². The molecule has 19 heavy (non-hydrogen) atoms. The maximum atomic E-state index is 11.1. The van der Waals surface area contributed by atoms with Gasteiger partial charge in [0.2, 0.25) is 0 Å². The molecule has 1 aromatic carbocycles. The number of carbonyl (C=O) groups is 1. The van der Waals surface area contributed by atoms with Gasteiger partial charge in [-0.3, -0.25) is 4.79 Å². The van der Waals surface area contributed by atoms with Gasteiger partial charge in [0.15, 0.2) is 0 Å². The third-order valence-electron chi connectivity index (χ3n) is 3.74. The molecule has 1 aliphatic rings. The van der Waals surface area contributed by atoms with Crippen molar-refractivity contribution in [3.05, 3.63) is 29.3 Å². The second-order valence-electron chi connectivity index (χ2n) is 5.68. The van der Waals surface area contributed by atoms with Crippen molar-refractivity contribution < 1.29 is 14.6 Å². The fourth-order valence-electron chi connectivity index (χ4n) is 2.38. The Morgan fingerprint density at radius 1 is 1.53 bits per heavy atom. The van der Waals surface area contributed by atoms with Crippen LogP contribution in [0.4, 0.5) is 0 Å². The number of ether oxygens (including phenoxy) is 1. The SMILES string of the molecule is CNC1CCc2c(OCC(C)(C)C(=O)O)cccc21. The van der Waals surface area contributed by atoms with Gasteiger partial charge in [-0.1, -0.05) is 12.1 Å². The molecule has 4 nitrogen and oxygen atoms in total. The summed E-state index contributed by atoms with van der Waals surface area (Å²) in [7, 11) is 1.96. The minimum atomic E-state index is -0.871. The minimum absolute atomic E-state index is 0.184. The zero-order valence-electron chi connectivity index (χ0n) is 11.7. The molecule has 0 bridgehead atoms. The highest BCUT2D eigenvalue weighted by Crippen LogP contribution is 2.37. The normalized spacial score (nSPS) is 18.2. The highest BCUT2D eigenvalue weighted by atomic mass is 16.5. The number of carboxylic acids is 1. The van der Waals surface area contributed by atoms with Gasteiger partial charge in [-0.15, -0.1) is 0 Å². The lowest BCUT2D eigenvalue weighted by Crippen LogP contribution is -2.30. The molecule has 0 saturated carbocycles. The highest BCUT2D eigenvalue weighted by Gasteiger charge is 2.29. The van der Waals surface area contributed by atoms with Gasteiger partial charge in [0, 0.05) is 6.04 Å². The van der Waals surface area contributed by atoms with Crippen molar-refractivity contribution in [3.63, 3.8) is 0 Å². The van der Waals surface area contributed by atoms with Crippen molar-refractivity contribution in [2.24, 2.45) is 5.41 Å². The van der Waals surface area contributed by atoms with E-state index in [9.17, 15) is 4.79 Å². The molecular weight excluding hydrogens is 242 g/mol. The van der Waals surface area contributed by atoms with E-state index < -0.39 is 11.4 Å². The summed E-state index contributed by atoms with van der Waals surface area (Å²) in [6, 6.07) is 6.39. The Bertz CT molecular complexity index is 482. The Morgan fingerprint density at radius 2 is 2.26 bits per heavy atom. The van der Waals surface area contributed by atoms with Gasteiger partial charge < -0.3 is 15.2 Å². The first-order valence-corrected chi connectivity index (χ1v) is 6.61. The van der Waals surface area contributed by atoms with Gasteiger partial charge >= 0.3 is 5.97 Å². The van der Waals surface area contributed by atoms with Gasteiger partial charge in [0.25, 0.3) is 0 Å².